The van der Waals surface area contributed by atoms with E-state index in [-0.39, 0.29) is 17.7 Å². The maximum Gasteiger partial charge on any atom is 0.338 e. The van der Waals surface area contributed by atoms with Crippen molar-refractivity contribution in [2.45, 2.75) is 33.2 Å². The fourth-order valence-electron chi connectivity index (χ4n) is 4.58. The van der Waals surface area contributed by atoms with Gasteiger partial charge in [0, 0.05) is 0 Å². The van der Waals surface area contributed by atoms with Gasteiger partial charge in [-0.05, 0) is 60.7 Å². The molecular formula is C32H36N2O7S. The Morgan fingerprint density at radius 3 is 2.40 bits per heavy atom. The molecule has 42 heavy (non-hydrogen) atoms. The number of methoxy groups -OCH3 is 3. The minimum Gasteiger partial charge on any atom is -0.493 e. The van der Waals surface area contributed by atoms with Gasteiger partial charge in [0.25, 0.3) is 5.56 Å². The highest BCUT2D eigenvalue weighted by atomic mass is 32.1. The SMILES string of the molecule is C=CCOC(=O)C1=C(C)N=c2s/c(=C\c3ccc(OC)c(OC)c3)c(=O)n2C1c1ccc(OCCC(C)C)c(OC)c1. The maximum absolute atomic E-state index is 14.0. The molecule has 1 atom stereocenters. The first-order chi connectivity index (χ1) is 20.2. The second-order valence-electron chi connectivity index (χ2n) is 10.0. The summed E-state index contributed by atoms with van der Waals surface area (Å²) in [6.07, 6.45) is 4.15. The number of hydrogen-bond donors (Lipinski definition) is 0. The summed E-state index contributed by atoms with van der Waals surface area (Å²) in [7, 11) is 4.68. The first-order valence-electron chi connectivity index (χ1n) is 13.6. The van der Waals surface area contributed by atoms with Crippen LogP contribution in [0.4, 0.5) is 0 Å². The van der Waals surface area contributed by atoms with Gasteiger partial charge in [-0.2, -0.15) is 0 Å². The van der Waals surface area contributed by atoms with E-state index in [2.05, 4.69) is 25.4 Å². The van der Waals surface area contributed by atoms with E-state index in [4.69, 9.17) is 23.7 Å². The van der Waals surface area contributed by atoms with E-state index in [9.17, 15) is 9.59 Å². The van der Waals surface area contributed by atoms with Crippen LogP contribution in [0, 0.1) is 5.92 Å². The summed E-state index contributed by atoms with van der Waals surface area (Å²) in [5, 5.41) is 0. The van der Waals surface area contributed by atoms with Gasteiger partial charge in [-0.1, -0.05) is 50.0 Å². The molecule has 4 rings (SSSR count). The molecule has 1 aliphatic rings. The number of esters is 1. The molecule has 0 N–H and O–H groups in total. The molecule has 222 valence electrons. The first kappa shape index (κ1) is 30.6. The average Bonchev–Trinajstić information content (AvgIpc) is 3.28. The smallest absolute Gasteiger partial charge is 0.338 e. The quantitative estimate of drug-likeness (QED) is 0.227. The van der Waals surface area contributed by atoms with Crippen LogP contribution in [0.1, 0.15) is 44.4 Å². The van der Waals surface area contributed by atoms with Crippen molar-refractivity contribution < 1.29 is 28.5 Å². The van der Waals surface area contributed by atoms with Crippen molar-refractivity contribution in [1.29, 1.82) is 0 Å². The van der Waals surface area contributed by atoms with Gasteiger partial charge in [0.15, 0.2) is 27.8 Å². The Labute approximate surface area is 249 Å². The lowest BCUT2D eigenvalue weighted by atomic mass is 9.95. The van der Waals surface area contributed by atoms with Crippen molar-refractivity contribution >= 4 is 23.4 Å². The molecule has 1 aromatic heterocycles. The number of ether oxygens (including phenoxy) is 5. The highest BCUT2D eigenvalue weighted by Crippen LogP contribution is 2.36. The normalized spacial score (nSPS) is 14.7. The van der Waals surface area contributed by atoms with E-state index in [1.165, 1.54) is 22.0 Å². The van der Waals surface area contributed by atoms with E-state index in [0.717, 1.165) is 12.0 Å². The lowest BCUT2D eigenvalue weighted by molar-refractivity contribution is -0.138. The van der Waals surface area contributed by atoms with Gasteiger partial charge in [0.05, 0.1) is 49.8 Å². The minimum atomic E-state index is -0.801. The van der Waals surface area contributed by atoms with Crippen LogP contribution in [-0.4, -0.2) is 45.1 Å². The predicted molar refractivity (Wildman–Crippen MR) is 162 cm³/mol. The Morgan fingerprint density at radius 2 is 1.74 bits per heavy atom. The van der Waals surface area contributed by atoms with E-state index >= 15 is 0 Å². The predicted octanol–water partition coefficient (Wildman–Crippen LogP) is 4.42. The molecule has 0 saturated heterocycles. The van der Waals surface area contributed by atoms with Crippen molar-refractivity contribution in [2.24, 2.45) is 10.9 Å². The molecule has 2 aromatic carbocycles. The number of rotatable bonds is 12. The van der Waals surface area contributed by atoms with Crippen molar-refractivity contribution in [1.82, 2.24) is 4.57 Å². The van der Waals surface area contributed by atoms with Crippen LogP contribution in [-0.2, 0) is 9.53 Å². The molecule has 1 aliphatic heterocycles. The molecule has 2 heterocycles. The van der Waals surface area contributed by atoms with Gasteiger partial charge >= 0.3 is 5.97 Å². The maximum atomic E-state index is 14.0. The monoisotopic (exact) mass is 592 g/mol. The third kappa shape index (κ3) is 6.44. The lowest BCUT2D eigenvalue weighted by Crippen LogP contribution is -2.40. The number of aromatic nitrogens is 1. The van der Waals surface area contributed by atoms with Crippen LogP contribution in [0.3, 0.4) is 0 Å². The molecule has 0 fully saturated rings. The molecule has 0 amide bonds. The molecule has 9 nitrogen and oxygen atoms in total. The number of nitrogens with zero attached hydrogens (tertiary/aromatic N) is 2. The first-order valence-corrected chi connectivity index (χ1v) is 14.4. The molecular weight excluding hydrogens is 556 g/mol. The third-order valence-corrected chi connectivity index (χ3v) is 7.72. The number of carbonyl (C=O) groups excluding carboxylic acids is 1. The Hall–Kier alpha value is -4.31. The van der Waals surface area contributed by atoms with E-state index in [1.54, 1.807) is 58.6 Å². The lowest BCUT2D eigenvalue weighted by Gasteiger charge is -2.25. The largest absolute Gasteiger partial charge is 0.493 e. The Kier molecular flexibility index (Phi) is 9.90. The van der Waals surface area contributed by atoms with Crippen LogP contribution in [0.2, 0.25) is 0 Å². The molecule has 0 spiro atoms. The molecule has 1 unspecified atom stereocenters. The summed E-state index contributed by atoms with van der Waals surface area (Å²) in [6.45, 7) is 10.2. The minimum absolute atomic E-state index is 0.0258. The Bertz CT molecular complexity index is 1680. The summed E-state index contributed by atoms with van der Waals surface area (Å²) >= 11 is 1.24. The summed E-state index contributed by atoms with van der Waals surface area (Å²) in [5.41, 5.74) is 1.83. The summed E-state index contributed by atoms with van der Waals surface area (Å²) in [4.78, 5) is 32.4. The van der Waals surface area contributed by atoms with Crippen molar-refractivity contribution in [2.75, 3.05) is 34.5 Å². The van der Waals surface area contributed by atoms with Crippen molar-refractivity contribution in [3.63, 3.8) is 0 Å². The number of carbonyl (C=O) groups is 1. The molecule has 0 radical (unpaired) electrons. The third-order valence-electron chi connectivity index (χ3n) is 6.74. The van der Waals surface area contributed by atoms with Crippen LogP contribution >= 0.6 is 11.3 Å². The standard InChI is InChI=1S/C32H36N2O7S/c1-8-14-41-31(36)28-20(4)33-32-34(29(28)22-10-12-24(26(18-22)39-7)40-15-13-19(2)3)30(35)27(42-32)17-21-9-11-23(37-5)25(16-21)38-6/h8-12,16-19,29H,1,13-15H2,2-7H3/b27-17-. The van der Waals surface area contributed by atoms with E-state index in [0.29, 0.717) is 56.1 Å². The van der Waals surface area contributed by atoms with Gasteiger partial charge in [0.2, 0.25) is 0 Å². The number of fused-ring (bicyclic) bond motifs is 1. The summed E-state index contributed by atoms with van der Waals surface area (Å²) in [6, 6.07) is 10.0. The fraction of sp³-hybridized carbons (Fsp3) is 0.344. The van der Waals surface area contributed by atoms with Gasteiger partial charge in [-0.3, -0.25) is 9.36 Å². The highest BCUT2D eigenvalue weighted by molar-refractivity contribution is 7.07. The highest BCUT2D eigenvalue weighted by Gasteiger charge is 2.34. The molecule has 10 heteroatoms. The molecule has 0 aliphatic carbocycles. The number of allylic oxidation sites excluding steroid dienone is 1. The zero-order valence-corrected chi connectivity index (χ0v) is 25.6. The Morgan fingerprint density at radius 1 is 1.05 bits per heavy atom. The second kappa shape index (κ2) is 13.6. The van der Waals surface area contributed by atoms with Crippen molar-refractivity contribution in [3.05, 3.63) is 91.1 Å². The van der Waals surface area contributed by atoms with Crippen LogP contribution < -0.4 is 33.8 Å². The van der Waals surface area contributed by atoms with Crippen LogP contribution in [0.25, 0.3) is 6.08 Å². The number of thiazole rings is 1. The van der Waals surface area contributed by atoms with Gasteiger partial charge < -0.3 is 23.7 Å². The second-order valence-corrected chi connectivity index (χ2v) is 11.0. The zero-order chi connectivity index (χ0) is 30.4. The Balaban J connectivity index is 1.87. The average molecular weight is 593 g/mol. The number of hydrogen-bond acceptors (Lipinski definition) is 9. The zero-order valence-electron chi connectivity index (χ0n) is 24.8. The van der Waals surface area contributed by atoms with E-state index < -0.39 is 12.0 Å². The van der Waals surface area contributed by atoms with Crippen molar-refractivity contribution in [3.8, 4) is 23.0 Å². The van der Waals surface area contributed by atoms with Crippen LogP contribution in [0.15, 0.2) is 70.1 Å². The van der Waals surface area contributed by atoms with Crippen LogP contribution in [0.5, 0.6) is 23.0 Å². The van der Waals surface area contributed by atoms with E-state index in [1.807, 2.05) is 12.1 Å². The molecule has 0 saturated carbocycles. The number of benzene rings is 2. The summed E-state index contributed by atoms with van der Waals surface area (Å²) < 4.78 is 29.8. The molecule has 3 aromatic rings. The van der Waals surface area contributed by atoms with Gasteiger partial charge in [-0.15, -0.1) is 0 Å². The van der Waals surface area contributed by atoms with Gasteiger partial charge in [0.1, 0.15) is 6.61 Å². The van der Waals surface area contributed by atoms with Gasteiger partial charge in [-0.25, -0.2) is 9.79 Å². The summed E-state index contributed by atoms with van der Waals surface area (Å²) in [5.74, 6) is 2.12. The fourth-order valence-corrected chi connectivity index (χ4v) is 5.63. The molecule has 0 bridgehead atoms. The topological polar surface area (TPSA) is 97.6 Å².